The first-order valence-electron chi connectivity index (χ1n) is 9.04. The fourth-order valence-corrected chi connectivity index (χ4v) is 3.70. The second kappa shape index (κ2) is 9.57. The van der Waals surface area contributed by atoms with Crippen molar-refractivity contribution in [1.29, 1.82) is 0 Å². The van der Waals surface area contributed by atoms with E-state index in [1.807, 2.05) is 7.05 Å². The van der Waals surface area contributed by atoms with E-state index in [1.54, 1.807) is 0 Å². The third kappa shape index (κ3) is 6.33. The molecule has 0 amide bonds. The maximum absolute atomic E-state index is 6.06. The van der Waals surface area contributed by atoms with Crippen molar-refractivity contribution < 1.29 is 9.47 Å². The molecule has 5 nitrogen and oxygen atoms in total. The van der Waals surface area contributed by atoms with E-state index in [1.165, 1.54) is 6.42 Å². The van der Waals surface area contributed by atoms with Crippen molar-refractivity contribution in [2.24, 2.45) is 16.3 Å². The van der Waals surface area contributed by atoms with Crippen molar-refractivity contribution in [3.63, 3.8) is 0 Å². The van der Waals surface area contributed by atoms with Gasteiger partial charge in [-0.2, -0.15) is 0 Å². The molecular formula is C18H36IN3O2. The smallest absolute Gasteiger partial charge is 0.191 e. The summed E-state index contributed by atoms with van der Waals surface area (Å²) in [5.41, 5.74) is 0.119. The van der Waals surface area contributed by atoms with Crippen LogP contribution in [0.25, 0.3) is 0 Å². The van der Waals surface area contributed by atoms with Crippen LogP contribution in [0, 0.1) is 11.3 Å². The summed E-state index contributed by atoms with van der Waals surface area (Å²) >= 11 is 0. The Labute approximate surface area is 164 Å². The van der Waals surface area contributed by atoms with Crippen molar-refractivity contribution in [3.05, 3.63) is 0 Å². The van der Waals surface area contributed by atoms with Crippen LogP contribution in [0.15, 0.2) is 4.99 Å². The number of halogens is 1. The highest BCUT2D eigenvalue weighted by Gasteiger charge is 2.35. The molecule has 0 saturated carbocycles. The molecule has 6 heteroatoms. The van der Waals surface area contributed by atoms with Crippen LogP contribution in [0.4, 0.5) is 0 Å². The summed E-state index contributed by atoms with van der Waals surface area (Å²) in [6.07, 6.45) is 4.93. The number of guanidine groups is 1. The quantitative estimate of drug-likeness (QED) is 0.390. The van der Waals surface area contributed by atoms with E-state index in [9.17, 15) is 0 Å². The summed E-state index contributed by atoms with van der Waals surface area (Å²) in [7, 11) is 1.83. The van der Waals surface area contributed by atoms with Gasteiger partial charge < -0.3 is 20.1 Å². The number of hydrogen-bond donors (Lipinski definition) is 2. The van der Waals surface area contributed by atoms with Crippen molar-refractivity contribution >= 4 is 29.9 Å². The standard InChI is InChI=1S/C18H35N3O2.HI/c1-17(2,3)15-14(8-6-10-22-15)12-20-16(19-5)21-13-18(4)9-7-11-23-18;/h14-15H,6-13H2,1-5H3,(H2,19,20,21);1H. The van der Waals surface area contributed by atoms with Crippen molar-refractivity contribution in [2.75, 3.05) is 33.4 Å². The molecule has 2 aliphatic rings. The maximum atomic E-state index is 6.06. The third-order valence-corrected chi connectivity index (χ3v) is 4.98. The molecule has 0 spiro atoms. The average Bonchev–Trinajstić information content (AvgIpc) is 2.94. The second-order valence-corrected chi connectivity index (χ2v) is 8.27. The molecule has 2 saturated heterocycles. The first-order chi connectivity index (χ1) is 10.8. The second-order valence-electron chi connectivity index (χ2n) is 8.27. The van der Waals surface area contributed by atoms with Crippen LogP contribution in [0.1, 0.15) is 53.4 Å². The first-order valence-corrected chi connectivity index (χ1v) is 9.04. The Bertz CT molecular complexity index is 404. The van der Waals surface area contributed by atoms with Gasteiger partial charge in [0.25, 0.3) is 0 Å². The van der Waals surface area contributed by atoms with Crippen molar-refractivity contribution in [2.45, 2.75) is 65.1 Å². The Kier molecular flexibility index (Phi) is 8.76. The van der Waals surface area contributed by atoms with Gasteiger partial charge in [0.05, 0.1) is 11.7 Å². The molecule has 0 radical (unpaired) electrons. The molecule has 0 bridgehead atoms. The summed E-state index contributed by atoms with van der Waals surface area (Å²) < 4.78 is 11.9. The predicted octanol–water partition coefficient (Wildman–Crippen LogP) is 3.18. The molecule has 24 heavy (non-hydrogen) atoms. The number of nitrogens with zero attached hydrogens (tertiary/aromatic N) is 1. The van der Waals surface area contributed by atoms with Gasteiger partial charge in [0.2, 0.25) is 0 Å². The molecule has 2 aliphatic heterocycles. The van der Waals surface area contributed by atoms with Crippen LogP contribution < -0.4 is 10.6 Å². The Hall–Kier alpha value is -0.0800. The Balaban J connectivity index is 0.00000288. The highest BCUT2D eigenvalue weighted by Crippen LogP contribution is 2.33. The molecule has 0 aromatic carbocycles. The predicted molar refractivity (Wildman–Crippen MR) is 110 cm³/mol. The summed E-state index contributed by atoms with van der Waals surface area (Å²) in [6.45, 7) is 12.4. The lowest BCUT2D eigenvalue weighted by molar-refractivity contribution is -0.0835. The fourth-order valence-electron chi connectivity index (χ4n) is 3.70. The minimum Gasteiger partial charge on any atom is -0.377 e. The minimum absolute atomic E-state index is 0. The number of ether oxygens (including phenoxy) is 2. The molecular weight excluding hydrogens is 417 g/mol. The van der Waals surface area contributed by atoms with E-state index in [-0.39, 0.29) is 35.0 Å². The first kappa shape index (κ1) is 22.0. The van der Waals surface area contributed by atoms with Gasteiger partial charge >= 0.3 is 0 Å². The molecule has 0 aromatic rings. The monoisotopic (exact) mass is 453 g/mol. The van der Waals surface area contributed by atoms with Gasteiger partial charge in [-0.25, -0.2) is 0 Å². The molecule has 3 unspecified atom stereocenters. The van der Waals surface area contributed by atoms with E-state index in [0.29, 0.717) is 12.0 Å². The summed E-state index contributed by atoms with van der Waals surface area (Å²) in [6, 6.07) is 0. The van der Waals surface area contributed by atoms with Gasteiger partial charge in [-0.1, -0.05) is 20.8 Å². The minimum atomic E-state index is -0.0560. The largest absolute Gasteiger partial charge is 0.377 e. The molecule has 2 N–H and O–H groups in total. The summed E-state index contributed by atoms with van der Waals surface area (Å²) in [5, 5.41) is 6.90. The van der Waals surface area contributed by atoms with Crippen LogP contribution in [-0.2, 0) is 9.47 Å². The lowest BCUT2D eigenvalue weighted by atomic mass is 9.78. The number of hydrogen-bond acceptors (Lipinski definition) is 3. The zero-order chi connectivity index (χ0) is 16.9. The number of nitrogens with one attached hydrogen (secondary N) is 2. The molecule has 2 fully saturated rings. The molecule has 142 valence electrons. The van der Waals surface area contributed by atoms with Gasteiger partial charge in [-0.05, 0) is 38.0 Å². The van der Waals surface area contributed by atoms with E-state index < -0.39 is 0 Å². The van der Waals surface area contributed by atoms with E-state index >= 15 is 0 Å². The molecule has 2 rings (SSSR count). The van der Waals surface area contributed by atoms with Crippen LogP contribution in [0.2, 0.25) is 0 Å². The van der Waals surface area contributed by atoms with E-state index in [0.717, 1.165) is 51.5 Å². The van der Waals surface area contributed by atoms with Gasteiger partial charge in [-0.3, -0.25) is 4.99 Å². The molecule has 0 aromatic heterocycles. The SMILES string of the molecule is CN=C(NCC1CCCOC1C(C)(C)C)NCC1(C)CCCO1.I. The zero-order valence-corrected chi connectivity index (χ0v) is 18.3. The van der Waals surface area contributed by atoms with Gasteiger partial charge in [0, 0.05) is 39.3 Å². The topological polar surface area (TPSA) is 54.9 Å². The fraction of sp³-hybridized carbons (Fsp3) is 0.944. The van der Waals surface area contributed by atoms with Crippen LogP contribution in [0.3, 0.4) is 0 Å². The van der Waals surface area contributed by atoms with Crippen LogP contribution >= 0.6 is 24.0 Å². The normalized spacial score (nSPS) is 31.5. The number of aliphatic imine (C=N–C) groups is 1. The molecule has 2 heterocycles. The Morgan fingerprint density at radius 2 is 1.96 bits per heavy atom. The maximum Gasteiger partial charge on any atom is 0.191 e. The van der Waals surface area contributed by atoms with Gasteiger partial charge in [-0.15, -0.1) is 24.0 Å². The third-order valence-electron chi connectivity index (χ3n) is 4.98. The highest BCUT2D eigenvalue weighted by atomic mass is 127. The number of rotatable bonds is 4. The Morgan fingerprint density at radius 3 is 2.54 bits per heavy atom. The van der Waals surface area contributed by atoms with Gasteiger partial charge in [0.15, 0.2) is 5.96 Å². The summed E-state index contributed by atoms with van der Waals surface area (Å²) in [4.78, 5) is 4.35. The Morgan fingerprint density at radius 1 is 1.21 bits per heavy atom. The van der Waals surface area contributed by atoms with Crippen LogP contribution in [0.5, 0.6) is 0 Å². The van der Waals surface area contributed by atoms with Crippen molar-refractivity contribution in [3.8, 4) is 0 Å². The molecule has 3 atom stereocenters. The highest BCUT2D eigenvalue weighted by molar-refractivity contribution is 14.0. The summed E-state index contributed by atoms with van der Waals surface area (Å²) in [5.74, 6) is 1.39. The van der Waals surface area contributed by atoms with E-state index in [2.05, 4.69) is 43.3 Å². The van der Waals surface area contributed by atoms with E-state index in [4.69, 9.17) is 9.47 Å². The van der Waals surface area contributed by atoms with Crippen LogP contribution in [-0.4, -0.2) is 51.0 Å². The van der Waals surface area contributed by atoms with Gasteiger partial charge in [0.1, 0.15) is 0 Å². The molecule has 0 aliphatic carbocycles. The van der Waals surface area contributed by atoms with Crippen molar-refractivity contribution in [1.82, 2.24) is 10.6 Å². The lowest BCUT2D eigenvalue weighted by Crippen LogP contribution is -2.49. The zero-order valence-electron chi connectivity index (χ0n) is 16.0. The average molecular weight is 453 g/mol. The lowest BCUT2D eigenvalue weighted by Gasteiger charge is -2.40.